The van der Waals surface area contributed by atoms with Crippen LogP contribution in [0, 0.1) is 20.2 Å². The van der Waals surface area contributed by atoms with Crippen molar-refractivity contribution in [2.45, 2.75) is 6.92 Å². The molecule has 11 heteroatoms. The van der Waals surface area contributed by atoms with Gasteiger partial charge in [-0.25, -0.2) is 4.79 Å². The molecule has 0 saturated heterocycles. The minimum absolute atomic E-state index is 0.0329. The summed E-state index contributed by atoms with van der Waals surface area (Å²) < 4.78 is 4.75. The largest absolute Gasteiger partial charge is 0.461 e. The molecular formula is C11H11BrN4O6. The fourth-order valence-corrected chi connectivity index (χ4v) is 1.71. The topological polar surface area (TPSA) is 137 Å². The molecule has 0 bridgehead atoms. The second kappa shape index (κ2) is 8.02. The van der Waals surface area contributed by atoms with Gasteiger partial charge in [-0.1, -0.05) is 15.9 Å². The first-order valence-electron chi connectivity index (χ1n) is 5.89. The zero-order valence-electron chi connectivity index (χ0n) is 11.3. The number of rotatable bonds is 7. The summed E-state index contributed by atoms with van der Waals surface area (Å²) in [6.45, 7) is 1.78. The van der Waals surface area contributed by atoms with Gasteiger partial charge >= 0.3 is 11.7 Å². The number of carbonyl (C=O) groups excluding carboxylic acids is 1. The van der Waals surface area contributed by atoms with Crippen LogP contribution in [0.2, 0.25) is 0 Å². The third-order valence-electron chi connectivity index (χ3n) is 2.34. The molecule has 0 spiro atoms. The number of nitrogens with zero attached hydrogens (tertiary/aromatic N) is 3. The predicted octanol–water partition coefficient (Wildman–Crippen LogP) is 2.23. The summed E-state index contributed by atoms with van der Waals surface area (Å²) in [5.41, 5.74) is 1.27. The van der Waals surface area contributed by atoms with Crippen molar-refractivity contribution in [2.24, 2.45) is 5.10 Å². The third kappa shape index (κ3) is 4.48. The Labute approximate surface area is 132 Å². The number of nitro benzene ring substituents is 2. The Balaban J connectivity index is 3.09. The molecule has 0 radical (unpaired) electrons. The van der Waals surface area contributed by atoms with Gasteiger partial charge in [0.25, 0.3) is 5.69 Å². The molecule has 0 amide bonds. The van der Waals surface area contributed by atoms with Crippen LogP contribution in [0.5, 0.6) is 0 Å². The number of anilines is 1. The van der Waals surface area contributed by atoms with Crippen molar-refractivity contribution < 1.29 is 19.4 Å². The number of benzene rings is 1. The van der Waals surface area contributed by atoms with E-state index < -0.39 is 27.2 Å². The van der Waals surface area contributed by atoms with Crippen LogP contribution in [0.15, 0.2) is 23.3 Å². The molecule has 0 fully saturated rings. The molecule has 0 saturated carbocycles. The molecule has 0 atom stereocenters. The monoisotopic (exact) mass is 374 g/mol. The van der Waals surface area contributed by atoms with Gasteiger partial charge in [0.15, 0.2) is 5.71 Å². The molecule has 0 aliphatic carbocycles. The van der Waals surface area contributed by atoms with Crippen molar-refractivity contribution in [3.8, 4) is 0 Å². The number of ether oxygens (including phenoxy) is 1. The van der Waals surface area contributed by atoms with Gasteiger partial charge in [-0.3, -0.25) is 25.7 Å². The summed E-state index contributed by atoms with van der Waals surface area (Å²) in [7, 11) is 0. The van der Waals surface area contributed by atoms with Crippen molar-refractivity contribution in [1.29, 1.82) is 0 Å². The summed E-state index contributed by atoms with van der Waals surface area (Å²) in [6.07, 6.45) is 0. The van der Waals surface area contributed by atoms with Crippen LogP contribution in [-0.2, 0) is 9.53 Å². The zero-order chi connectivity index (χ0) is 16.7. The average molecular weight is 375 g/mol. The van der Waals surface area contributed by atoms with Gasteiger partial charge in [-0.05, 0) is 13.0 Å². The van der Waals surface area contributed by atoms with E-state index in [0.717, 1.165) is 18.2 Å². The van der Waals surface area contributed by atoms with Crippen LogP contribution >= 0.6 is 15.9 Å². The SMILES string of the molecule is CCOC(=O)C(CBr)=NNc1ccc([N+](=O)[O-])cc1[N+](=O)[O-]. The first-order chi connectivity index (χ1) is 10.4. The lowest BCUT2D eigenvalue weighted by Crippen LogP contribution is -2.20. The highest BCUT2D eigenvalue weighted by atomic mass is 79.9. The lowest BCUT2D eigenvalue weighted by atomic mass is 10.2. The number of hydrogen-bond donors (Lipinski definition) is 1. The van der Waals surface area contributed by atoms with Gasteiger partial charge < -0.3 is 4.74 Å². The number of esters is 1. The second-order valence-electron chi connectivity index (χ2n) is 3.74. The van der Waals surface area contributed by atoms with E-state index in [0.29, 0.717) is 0 Å². The number of alkyl halides is 1. The zero-order valence-corrected chi connectivity index (χ0v) is 12.9. The molecule has 1 aromatic rings. The van der Waals surface area contributed by atoms with Crippen molar-refractivity contribution in [2.75, 3.05) is 17.4 Å². The van der Waals surface area contributed by atoms with Gasteiger partial charge in [0.05, 0.1) is 27.8 Å². The number of nitro groups is 2. The molecule has 0 heterocycles. The molecule has 0 aliphatic heterocycles. The molecule has 118 valence electrons. The minimum atomic E-state index is -0.789. The summed E-state index contributed by atoms with van der Waals surface area (Å²) in [4.78, 5) is 31.5. The number of halogens is 1. The van der Waals surface area contributed by atoms with Crippen molar-refractivity contribution in [3.63, 3.8) is 0 Å². The Morgan fingerprint density at radius 3 is 2.55 bits per heavy atom. The van der Waals surface area contributed by atoms with Crippen LogP contribution in [0.3, 0.4) is 0 Å². The number of non-ortho nitro benzene ring substituents is 1. The Morgan fingerprint density at radius 2 is 2.05 bits per heavy atom. The van der Waals surface area contributed by atoms with E-state index in [-0.39, 0.29) is 23.3 Å². The maximum Gasteiger partial charge on any atom is 0.355 e. The third-order valence-corrected chi connectivity index (χ3v) is 2.87. The summed E-state index contributed by atoms with van der Waals surface area (Å²) in [6, 6.07) is 3.02. The predicted molar refractivity (Wildman–Crippen MR) is 81.2 cm³/mol. The number of carbonyl (C=O) groups is 1. The van der Waals surface area contributed by atoms with E-state index in [1.807, 2.05) is 0 Å². The van der Waals surface area contributed by atoms with E-state index in [1.54, 1.807) is 6.92 Å². The highest BCUT2D eigenvalue weighted by molar-refractivity contribution is 9.09. The van der Waals surface area contributed by atoms with Crippen LogP contribution in [-0.4, -0.2) is 33.5 Å². The quantitative estimate of drug-likeness (QED) is 0.254. The summed E-state index contributed by atoms with van der Waals surface area (Å²) >= 11 is 3.04. The molecule has 1 rings (SSSR count). The van der Waals surface area contributed by atoms with Crippen molar-refractivity contribution in [1.82, 2.24) is 0 Å². The van der Waals surface area contributed by atoms with Gasteiger partial charge in [0.2, 0.25) is 0 Å². The summed E-state index contributed by atoms with van der Waals surface area (Å²) in [5.74, 6) is -0.684. The van der Waals surface area contributed by atoms with E-state index >= 15 is 0 Å². The maximum atomic E-state index is 11.5. The fourth-order valence-electron chi connectivity index (χ4n) is 1.35. The average Bonchev–Trinajstić information content (AvgIpc) is 2.47. The summed E-state index contributed by atoms with van der Waals surface area (Å²) in [5, 5.41) is 25.4. The molecule has 1 aromatic carbocycles. The highest BCUT2D eigenvalue weighted by Gasteiger charge is 2.20. The molecule has 0 aromatic heterocycles. The van der Waals surface area contributed by atoms with E-state index in [9.17, 15) is 25.0 Å². The molecular weight excluding hydrogens is 364 g/mol. The van der Waals surface area contributed by atoms with Gasteiger partial charge in [0, 0.05) is 6.07 Å². The molecule has 10 nitrogen and oxygen atoms in total. The minimum Gasteiger partial charge on any atom is -0.461 e. The fraction of sp³-hybridized carbons (Fsp3) is 0.273. The number of hydrogen-bond acceptors (Lipinski definition) is 8. The Hall–Kier alpha value is -2.56. The first kappa shape index (κ1) is 17.5. The Morgan fingerprint density at radius 1 is 1.36 bits per heavy atom. The highest BCUT2D eigenvalue weighted by Crippen LogP contribution is 2.28. The lowest BCUT2D eigenvalue weighted by Gasteiger charge is -2.05. The van der Waals surface area contributed by atoms with Gasteiger partial charge in [-0.15, -0.1) is 0 Å². The molecule has 22 heavy (non-hydrogen) atoms. The normalized spacial score (nSPS) is 10.9. The van der Waals surface area contributed by atoms with E-state index in [1.165, 1.54) is 0 Å². The maximum absolute atomic E-state index is 11.5. The Kier molecular flexibility index (Phi) is 6.38. The molecule has 0 unspecified atom stereocenters. The Bertz CT molecular complexity index is 633. The molecule has 1 N–H and O–H groups in total. The van der Waals surface area contributed by atoms with Crippen molar-refractivity contribution >= 4 is 44.7 Å². The van der Waals surface area contributed by atoms with Gasteiger partial charge in [0.1, 0.15) is 5.69 Å². The van der Waals surface area contributed by atoms with Crippen LogP contribution in [0.4, 0.5) is 17.1 Å². The standard InChI is InChI=1S/C11H11BrN4O6/c1-2-22-11(17)9(6-12)14-13-8-4-3-7(15(18)19)5-10(8)16(20)21/h3-5,13H,2,6H2,1H3. The van der Waals surface area contributed by atoms with Crippen molar-refractivity contribution in [3.05, 3.63) is 38.4 Å². The van der Waals surface area contributed by atoms with Gasteiger partial charge in [-0.2, -0.15) is 5.10 Å². The second-order valence-corrected chi connectivity index (χ2v) is 4.30. The molecule has 0 aliphatic rings. The van der Waals surface area contributed by atoms with Crippen LogP contribution < -0.4 is 5.43 Å². The number of nitrogens with one attached hydrogen (secondary N) is 1. The van der Waals surface area contributed by atoms with E-state index in [2.05, 4.69) is 26.5 Å². The lowest BCUT2D eigenvalue weighted by molar-refractivity contribution is -0.393. The van der Waals surface area contributed by atoms with Crippen LogP contribution in [0.1, 0.15) is 6.92 Å². The van der Waals surface area contributed by atoms with Crippen LogP contribution in [0.25, 0.3) is 0 Å². The number of hydrazone groups is 1. The first-order valence-corrected chi connectivity index (χ1v) is 7.01. The smallest absolute Gasteiger partial charge is 0.355 e. The van der Waals surface area contributed by atoms with E-state index in [4.69, 9.17) is 4.74 Å².